The van der Waals surface area contributed by atoms with E-state index in [1.54, 1.807) is 34.1 Å². The molecule has 5 amide bonds. The molecule has 7 nitrogen and oxygen atoms in total. The van der Waals surface area contributed by atoms with Gasteiger partial charge < -0.3 is 15.1 Å². The van der Waals surface area contributed by atoms with Gasteiger partial charge in [-0.2, -0.15) is 0 Å². The molecule has 7 heteroatoms. The average molecular weight is 316 g/mol. The van der Waals surface area contributed by atoms with Crippen LogP contribution in [-0.2, 0) is 4.79 Å². The Bertz CT molecular complexity index is 619. The van der Waals surface area contributed by atoms with Crippen LogP contribution >= 0.6 is 0 Å². The van der Waals surface area contributed by atoms with Crippen LogP contribution in [0.3, 0.4) is 0 Å². The number of hydrogen-bond donors (Lipinski definition) is 1. The second-order valence-corrected chi connectivity index (χ2v) is 5.64. The van der Waals surface area contributed by atoms with Gasteiger partial charge in [0.05, 0.1) is 12.2 Å². The molecule has 0 radical (unpaired) electrons. The quantitative estimate of drug-likeness (QED) is 0.835. The number of fused-ring (bicyclic) bond motifs is 1. The molecule has 0 spiro atoms. The fourth-order valence-corrected chi connectivity index (χ4v) is 3.06. The molecule has 1 aromatic carbocycles. The Labute approximate surface area is 134 Å². The zero-order chi connectivity index (χ0) is 16.4. The largest absolute Gasteiger partial charge is 0.338 e. The molecule has 23 heavy (non-hydrogen) atoms. The summed E-state index contributed by atoms with van der Waals surface area (Å²) in [4.78, 5) is 41.8. The fourth-order valence-electron chi connectivity index (χ4n) is 3.06. The van der Waals surface area contributed by atoms with E-state index in [4.69, 9.17) is 0 Å². The minimum atomic E-state index is -0.604. The molecule has 2 aliphatic rings. The van der Waals surface area contributed by atoms with Crippen molar-refractivity contribution in [3.63, 3.8) is 0 Å². The summed E-state index contributed by atoms with van der Waals surface area (Å²) < 4.78 is 0. The summed E-state index contributed by atoms with van der Waals surface area (Å²) in [5.41, 5.74) is 0.570. The normalized spacial score (nSPS) is 21.3. The topological polar surface area (TPSA) is 73.0 Å². The Balaban J connectivity index is 1.84. The number of hydrogen-bond acceptors (Lipinski definition) is 3. The lowest BCUT2D eigenvalue weighted by molar-refractivity contribution is -0.119. The lowest BCUT2D eigenvalue weighted by atomic mass is 10.2. The lowest BCUT2D eigenvalue weighted by Gasteiger charge is -2.23. The zero-order valence-electron chi connectivity index (χ0n) is 13.1. The fraction of sp³-hybridized carbons (Fsp3) is 0.438. The molecule has 2 aliphatic heterocycles. The standard InChI is InChI=1S/C16H20N4O3/c1-2-17-15(22)18-9-6-10-19-13(11-18)14(21)20(16(19)23)12-7-4-3-5-8-12/h3-5,7-8,13H,2,6,9-11H2,1H3,(H,17,22). The van der Waals surface area contributed by atoms with Crippen LogP contribution in [0.15, 0.2) is 30.3 Å². The van der Waals surface area contributed by atoms with Crippen molar-refractivity contribution >= 4 is 23.7 Å². The van der Waals surface area contributed by atoms with Crippen molar-refractivity contribution in [2.24, 2.45) is 0 Å². The number of carbonyl (C=O) groups is 3. The van der Waals surface area contributed by atoms with Crippen LogP contribution in [0, 0.1) is 0 Å². The number of nitrogens with one attached hydrogen (secondary N) is 1. The summed E-state index contributed by atoms with van der Waals surface area (Å²) >= 11 is 0. The van der Waals surface area contributed by atoms with E-state index in [1.165, 1.54) is 4.90 Å². The van der Waals surface area contributed by atoms with E-state index < -0.39 is 6.04 Å². The first-order valence-electron chi connectivity index (χ1n) is 7.86. The molecule has 0 saturated carbocycles. The second-order valence-electron chi connectivity index (χ2n) is 5.64. The van der Waals surface area contributed by atoms with E-state index in [-0.39, 0.29) is 24.5 Å². The third-order valence-corrected chi connectivity index (χ3v) is 4.17. The first-order valence-corrected chi connectivity index (χ1v) is 7.86. The highest BCUT2D eigenvalue weighted by atomic mass is 16.2. The van der Waals surface area contributed by atoms with Crippen LogP contribution in [0.1, 0.15) is 13.3 Å². The van der Waals surface area contributed by atoms with Gasteiger partial charge in [0, 0.05) is 19.6 Å². The molecular weight excluding hydrogens is 296 g/mol. The van der Waals surface area contributed by atoms with Gasteiger partial charge in [-0.3, -0.25) is 4.79 Å². The first kappa shape index (κ1) is 15.3. The van der Waals surface area contributed by atoms with E-state index >= 15 is 0 Å². The monoisotopic (exact) mass is 316 g/mol. The van der Waals surface area contributed by atoms with Gasteiger partial charge in [0.15, 0.2) is 0 Å². The van der Waals surface area contributed by atoms with Crippen LogP contribution in [0.2, 0.25) is 0 Å². The molecule has 3 rings (SSSR count). The maximum absolute atomic E-state index is 12.7. The molecule has 0 aromatic heterocycles. The lowest BCUT2D eigenvalue weighted by Crippen LogP contribution is -2.47. The van der Waals surface area contributed by atoms with Gasteiger partial charge >= 0.3 is 12.1 Å². The van der Waals surface area contributed by atoms with Crippen molar-refractivity contribution in [1.82, 2.24) is 15.1 Å². The summed E-state index contributed by atoms with van der Waals surface area (Å²) in [6.07, 6.45) is 0.662. The van der Waals surface area contributed by atoms with Crippen LogP contribution in [0.4, 0.5) is 15.3 Å². The van der Waals surface area contributed by atoms with Crippen molar-refractivity contribution in [3.05, 3.63) is 30.3 Å². The SMILES string of the molecule is CCNC(=O)N1CCCN2C(=O)N(c3ccccc3)C(=O)C2C1. The highest BCUT2D eigenvalue weighted by Gasteiger charge is 2.47. The Hall–Kier alpha value is -2.57. The minimum absolute atomic E-state index is 0.187. The minimum Gasteiger partial charge on any atom is -0.338 e. The Kier molecular flexibility index (Phi) is 4.18. The number of urea groups is 2. The highest BCUT2D eigenvalue weighted by molar-refractivity contribution is 6.21. The van der Waals surface area contributed by atoms with Crippen molar-refractivity contribution < 1.29 is 14.4 Å². The van der Waals surface area contributed by atoms with E-state index in [1.807, 2.05) is 13.0 Å². The molecule has 0 bridgehead atoms. The maximum atomic E-state index is 12.7. The van der Waals surface area contributed by atoms with E-state index in [9.17, 15) is 14.4 Å². The van der Waals surface area contributed by atoms with Crippen LogP contribution in [0.25, 0.3) is 0 Å². The summed E-state index contributed by atoms with van der Waals surface area (Å²) in [6.45, 7) is 3.65. The number of anilines is 1. The van der Waals surface area contributed by atoms with Gasteiger partial charge in [0.1, 0.15) is 6.04 Å². The molecule has 1 atom stereocenters. The maximum Gasteiger partial charge on any atom is 0.332 e. The third-order valence-electron chi connectivity index (χ3n) is 4.17. The Morgan fingerprint density at radius 2 is 1.96 bits per heavy atom. The predicted octanol–water partition coefficient (Wildman–Crippen LogP) is 1.26. The smallest absolute Gasteiger partial charge is 0.332 e. The molecule has 2 heterocycles. The summed E-state index contributed by atoms with van der Waals surface area (Å²) in [7, 11) is 0. The molecule has 1 unspecified atom stereocenters. The van der Waals surface area contributed by atoms with Crippen LogP contribution < -0.4 is 10.2 Å². The number of nitrogens with zero attached hydrogens (tertiary/aromatic N) is 3. The molecular formula is C16H20N4O3. The number of carbonyl (C=O) groups excluding carboxylic acids is 3. The van der Waals surface area contributed by atoms with Crippen molar-refractivity contribution in [1.29, 1.82) is 0 Å². The number of benzene rings is 1. The van der Waals surface area contributed by atoms with Gasteiger partial charge in [-0.25, -0.2) is 14.5 Å². The van der Waals surface area contributed by atoms with Gasteiger partial charge in [-0.05, 0) is 25.5 Å². The van der Waals surface area contributed by atoms with E-state index in [0.29, 0.717) is 31.7 Å². The van der Waals surface area contributed by atoms with Gasteiger partial charge in [0.2, 0.25) is 0 Å². The van der Waals surface area contributed by atoms with Gasteiger partial charge in [-0.1, -0.05) is 18.2 Å². The second kappa shape index (κ2) is 6.28. The van der Waals surface area contributed by atoms with E-state index in [2.05, 4.69) is 5.32 Å². The van der Waals surface area contributed by atoms with Crippen molar-refractivity contribution in [3.8, 4) is 0 Å². The van der Waals surface area contributed by atoms with Crippen LogP contribution in [0.5, 0.6) is 0 Å². The molecule has 2 saturated heterocycles. The first-order chi connectivity index (χ1) is 11.1. The number of amides is 5. The van der Waals surface area contributed by atoms with Crippen molar-refractivity contribution in [2.45, 2.75) is 19.4 Å². The molecule has 2 fully saturated rings. The third kappa shape index (κ3) is 2.74. The average Bonchev–Trinajstić information content (AvgIpc) is 2.72. The molecule has 122 valence electrons. The number of imide groups is 1. The van der Waals surface area contributed by atoms with Gasteiger partial charge in [0.25, 0.3) is 5.91 Å². The Morgan fingerprint density at radius 3 is 2.65 bits per heavy atom. The molecule has 1 aromatic rings. The summed E-state index contributed by atoms with van der Waals surface area (Å²) in [5, 5.41) is 2.75. The molecule has 1 N–H and O–H groups in total. The highest BCUT2D eigenvalue weighted by Crippen LogP contribution is 2.27. The van der Waals surface area contributed by atoms with Crippen LogP contribution in [-0.4, -0.2) is 60.0 Å². The predicted molar refractivity (Wildman–Crippen MR) is 85.1 cm³/mol. The zero-order valence-corrected chi connectivity index (χ0v) is 13.1. The van der Waals surface area contributed by atoms with Gasteiger partial charge in [-0.15, -0.1) is 0 Å². The van der Waals surface area contributed by atoms with Crippen molar-refractivity contribution in [2.75, 3.05) is 31.1 Å². The van der Waals surface area contributed by atoms with E-state index in [0.717, 1.165) is 0 Å². The summed E-state index contributed by atoms with van der Waals surface area (Å²) in [5.74, 6) is -0.266. The molecule has 0 aliphatic carbocycles. The number of rotatable bonds is 2. The Morgan fingerprint density at radius 1 is 1.22 bits per heavy atom. The number of para-hydroxylation sites is 1. The summed E-state index contributed by atoms with van der Waals surface area (Å²) in [6, 6.07) is 7.81.